The van der Waals surface area contributed by atoms with Crippen LogP contribution in [0.15, 0.2) is 12.7 Å². The van der Waals surface area contributed by atoms with Gasteiger partial charge in [-0.15, -0.1) is 0 Å². The average molecular weight is 223 g/mol. The van der Waals surface area contributed by atoms with Crippen LogP contribution in [-0.4, -0.2) is 35.1 Å². The average Bonchev–Trinajstić information content (AvgIpc) is 2.65. The van der Waals surface area contributed by atoms with Crippen molar-refractivity contribution in [3.63, 3.8) is 0 Å². The van der Waals surface area contributed by atoms with Gasteiger partial charge in [-0.1, -0.05) is 6.58 Å². The second kappa shape index (κ2) is 4.58. The van der Waals surface area contributed by atoms with Gasteiger partial charge in [0.15, 0.2) is 0 Å². The van der Waals surface area contributed by atoms with E-state index in [1.807, 2.05) is 11.9 Å². The van der Waals surface area contributed by atoms with Gasteiger partial charge in [-0.25, -0.2) is 0 Å². The first-order chi connectivity index (χ1) is 7.61. The number of aliphatic hydroxyl groups is 1. The standard InChI is InChI=1S/C13H21NO2/c1-3-13(16)14(2)11-5-4-9-7-12(15)8-10(9)6-11/h3,9-12,15H,1,4-8H2,2H3. The predicted molar refractivity (Wildman–Crippen MR) is 62.8 cm³/mol. The summed E-state index contributed by atoms with van der Waals surface area (Å²) in [6.45, 7) is 3.52. The molecule has 0 aliphatic heterocycles. The Balaban J connectivity index is 1.95. The highest BCUT2D eigenvalue weighted by Gasteiger charge is 2.39. The van der Waals surface area contributed by atoms with Gasteiger partial charge in [-0.3, -0.25) is 4.79 Å². The van der Waals surface area contributed by atoms with Gasteiger partial charge in [0.1, 0.15) is 0 Å². The summed E-state index contributed by atoms with van der Waals surface area (Å²) in [6.07, 6.45) is 6.46. The number of carbonyl (C=O) groups is 1. The van der Waals surface area contributed by atoms with Crippen LogP contribution in [0.5, 0.6) is 0 Å². The largest absolute Gasteiger partial charge is 0.393 e. The molecule has 0 radical (unpaired) electrons. The van der Waals surface area contributed by atoms with E-state index in [-0.39, 0.29) is 12.0 Å². The third kappa shape index (κ3) is 2.14. The highest BCUT2D eigenvalue weighted by Crippen LogP contribution is 2.43. The van der Waals surface area contributed by atoms with Gasteiger partial charge in [0.2, 0.25) is 5.91 Å². The molecule has 2 aliphatic carbocycles. The van der Waals surface area contributed by atoms with E-state index < -0.39 is 0 Å². The van der Waals surface area contributed by atoms with Crippen molar-refractivity contribution in [3.05, 3.63) is 12.7 Å². The van der Waals surface area contributed by atoms with Crippen LogP contribution in [0.3, 0.4) is 0 Å². The minimum absolute atomic E-state index is 0.0157. The van der Waals surface area contributed by atoms with Crippen molar-refractivity contribution >= 4 is 5.91 Å². The minimum atomic E-state index is -0.103. The van der Waals surface area contributed by atoms with Gasteiger partial charge in [-0.05, 0) is 50.0 Å². The van der Waals surface area contributed by atoms with E-state index in [0.29, 0.717) is 17.9 Å². The normalized spacial score (nSPS) is 37.9. The van der Waals surface area contributed by atoms with Crippen molar-refractivity contribution in [3.8, 4) is 0 Å². The Labute approximate surface area is 97.1 Å². The first-order valence-corrected chi connectivity index (χ1v) is 6.19. The molecule has 1 N–H and O–H groups in total. The molecule has 0 heterocycles. The molecule has 2 saturated carbocycles. The maximum absolute atomic E-state index is 11.5. The summed E-state index contributed by atoms with van der Waals surface area (Å²) >= 11 is 0. The molecule has 4 unspecified atom stereocenters. The second-order valence-corrected chi connectivity index (χ2v) is 5.27. The molecule has 1 amide bonds. The third-order valence-electron chi connectivity index (χ3n) is 4.33. The van der Waals surface area contributed by atoms with Crippen LogP contribution in [0.1, 0.15) is 32.1 Å². The van der Waals surface area contributed by atoms with Gasteiger partial charge in [0, 0.05) is 13.1 Å². The first kappa shape index (κ1) is 11.6. The minimum Gasteiger partial charge on any atom is -0.393 e. The van der Waals surface area contributed by atoms with Crippen molar-refractivity contribution in [2.75, 3.05) is 7.05 Å². The van der Waals surface area contributed by atoms with Crippen LogP contribution >= 0.6 is 0 Å². The third-order valence-corrected chi connectivity index (χ3v) is 4.33. The van der Waals surface area contributed by atoms with Crippen molar-refractivity contribution in [1.29, 1.82) is 0 Å². The van der Waals surface area contributed by atoms with Crippen molar-refractivity contribution in [2.45, 2.75) is 44.2 Å². The van der Waals surface area contributed by atoms with E-state index in [1.165, 1.54) is 6.08 Å². The fourth-order valence-corrected chi connectivity index (χ4v) is 3.37. The van der Waals surface area contributed by atoms with Crippen LogP contribution in [0.2, 0.25) is 0 Å². The summed E-state index contributed by atoms with van der Waals surface area (Å²) in [6, 6.07) is 0.344. The van der Waals surface area contributed by atoms with Crippen molar-refractivity contribution < 1.29 is 9.90 Å². The zero-order chi connectivity index (χ0) is 11.7. The summed E-state index contributed by atoms with van der Waals surface area (Å²) in [4.78, 5) is 13.3. The summed E-state index contributed by atoms with van der Waals surface area (Å²) in [5.74, 6) is 1.33. The van der Waals surface area contributed by atoms with E-state index in [0.717, 1.165) is 32.1 Å². The molecule has 16 heavy (non-hydrogen) atoms. The maximum Gasteiger partial charge on any atom is 0.245 e. The molecular weight excluding hydrogens is 202 g/mol. The summed E-state index contributed by atoms with van der Waals surface area (Å²) in [7, 11) is 1.86. The first-order valence-electron chi connectivity index (χ1n) is 6.19. The van der Waals surface area contributed by atoms with Gasteiger partial charge in [-0.2, -0.15) is 0 Å². The summed E-state index contributed by atoms with van der Waals surface area (Å²) < 4.78 is 0. The lowest BCUT2D eigenvalue weighted by atomic mass is 9.78. The van der Waals surface area contributed by atoms with Crippen molar-refractivity contribution in [1.82, 2.24) is 4.90 Å². The number of amides is 1. The van der Waals surface area contributed by atoms with Crippen LogP contribution < -0.4 is 0 Å². The molecule has 0 bridgehead atoms. The Morgan fingerprint density at radius 2 is 2.00 bits per heavy atom. The van der Waals surface area contributed by atoms with Gasteiger partial charge < -0.3 is 10.0 Å². The number of carbonyl (C=O) groups excluding carboxylic acids is 1. The van der Waals surface area contributed by atoms with E-state index in [2.05, 4.69) is 6.58 Å². The van der Waals surface area contributed by atoms with Crippen LogP contribution in [0.4, 0.5) is 0 Å². The molecular formula is C13H21NO2. The Morgan fingerprint density at radius 3 is 2.69 bits per heavy atom. The highest BCUT2D eigenvalue weighted by molar-refractivity contribution is 5.87. The second-order valence-electron chi connectivity index (χ2n) is 5.27. The number of hydrogen-bond acceptors (Lipinski definition) is 2. The molecule has 90 valence electrons. The smallest absolute Gasteiger partial charge is 0.245 e. The quantitative estimate of drug-likeness (QED) is 0.722. The van der Waals surface area contributed by atoms with Gasteiger partial charge in [0.05, 0.1) is 6.10 Å². The predicted octanol–water partition coefficient (Wildman–Crippen LogP) is 1.57. The molecule has 0 aromatic rings. The van der Waals surface area contributed by atoms with Crippen molar-refractivity contribution in [2.24, 2.45) is 11.8 Å². The molecule has 0 saturated heterocycles. The number of rotatable bonds is 2. The molecule has 0 spiro atoms. The maximum atomic E-state index is 11.5. The number of likely N-dealkylation sites (N-methyl/N-ethyl adjacent to an activating group) is 1. The van der Waals surface area contributed by atoms with Gasteiger partial charge >= 0.3 is 0 Å². The Bertz CT molecular complexity index is 290. The van der Waals surface area contributed by atoms with Crippen LogP contribution in [0, 0.1) is 11.8 Å². The number of hydrogen-bond donors (Lipinski definition) is 1. The fourth-order valence-electron chi connectivity index (χ4n) is 3.37. The number of fused-ring (bicyclic) bond motifs is 1. The molecule has 2 fully saturated rings. The van der Waals surface area contributed by atoms with Crippen LogP contribution in [0.25, 0.3) is 0 Å². The topological polar surface area (TPSA) is 40.5 Å². The van der Waals surface area contributed by atoms with E-state index >= 15 is 0 Å². The number of aliphatic hydroxyl groups excluding tert-OH is 1. The molecule has 4 atom stereocenters. The SMILES string of the molecule is C=CC(=O)N(C)C1CCC2CC(O)CC2C1. The zero-order valence-corrected chi connectivity index (χ0v) is 9.93. The molecule has 0 aromatic carbocycles. The Kier molecular flexibility index (Phi) is 3.33. The van der Waals surface area contributed by atoms with Crippen LogP contribution in [-0.2, 0) is 4.79 Å². The number of nitrogens with zero attached hydrogens (tertiary/aromatic N) is 1. The molecule has 2 aliphatic rings. The Hall–Kier alpha value is -0.830. The molecule has 3 heteroatoms. The lowest BCUT2D eigenvalue weighted by molar-refractivity contribution is -0.127. The van der Waals surface area contributed by atoms with E-state index in [4.69, 9.17) is 0 Å². The lowest BCUT2D eigenvalue weighted by Gasteiger charge is -2.36. The lowest BCUT2D eigenvalue weighted by Crippen LogP contribution is -2.40. The zero-order valence-electron chi connectivity index (χ0n) is 9.93. The fraction of sp³-hybridized carbons (Fsp3) is 0.769. The van der Waals surface area contributed by atoms with E-state index in [9.17, 15) is 9.90 Å². The Morgan fingerprint density at radius 1 is 1.31 bits per heavy atom. The molecule has 2 rings (SSSR count). The van der Waals surface area contributed by atoms with Gasteiger partial charge in [0.25, 0.3) is 0 Å². The molecule has 0 aromatic heterocycles. The van der Waals surface area contributed by atoms with E-state index in [1.54, 1.807) is 0 Å². The highest BCUT2D eigenvalue weighted by atomic mass is 16.3. The molecule has 3 nitrogen and oxygen atoms in total. The summed E-state index contributed by atoms with van der Waals surface area (Å²) in [5.41, 5.74) is 0. The summed E-state index contributed by atoms with van der Waals surface area (Å²) in [5, 5.41) is 9.64. The monoisotopic (exact) mass is 223 g/mol.